The first-order valence-electron chi connectivity index (χ1n) is 6.26. The third kappa shape index (κ3) is 2.97. The molecule has 94 valence electrons. The Morgan fingerprint density at radius 1 is 1.47 bits per heavy atom. The maximum absolute atomic E-state index is 13.2. The first kappa shape index (κ1) is 12.4. The number of nitrogens with one attached hydrogen (secondary N) is 1. The van der Waals surface area contributed by atoms with Crippen molar-refractivity contribution in [1.29, 1.82) is 0 Å². The Morgan fingerprint density at radius 2 is 2.18 bits per heavy atom. The Hall–Kier alpha value is -1.09. The van der Waals surface area contributed by atoms with E-state index in [9.17, 15) is 4.39 Å². The van der Waals surface area contributed by atoms with Crippen LogP contribution in [0.2, 0.25) is 0 Å². The molecule has 1 fully saturated rings. The fourth-order valence-corrected chi connectivity index (χ4v) is 2.36. The van der Waals surface area contributed by atoms with Gasteiger partial charge in [-0.15, -0.1) is 0 Å². The molecule has 1 aromatic carbocycles. The molecule has 3 heteroatoms. The van der Waals surface area contributed by atoms with Crippen LogP contribution < -0.4 is 10.2 Å². The van der Waals surface area contributed by atoms with Crippen LogP contribution in [0.5, 0.6) is 0 Å². The summed E-state index contributed by atoms with van der Waals surface area (Å²) < 4.78 is 13.2. The van der Waals surface area contributed by atoms with Crippen molar-refractivity contribution in [2.24, 2.45) is 11.8 Å². The fraction of sp³-hybridized carbons (Fsp3) is 0.571. The first-order chi connectivity index (χ1) is 8.11. The number of hydrogen-bond acceptors (Lipinski definition) is 2. The van der Waals surface area contributed by atoms with Gasteiger partial charge < -0.3 is 10.2 Å². The van der Waals surface area contributed by atoms with Gasteiger partial charge in [0.2, 0.25) is 0 Å². The lowest BCUT2D eigenvalue weighted by molar-refractivity contribution is 0.622. The minimum absolute atomic E-state index is 0.160. The lowest BCUT2D eigenvalue weighted by Gasteiger charge is -2.22. The van der Waals surface area contributed by atoms with Crippen LogP contribution in [0, 0.1) is 17.7 Å². The minimum atomic E-state index is -0.160. The molecule has 17 heavy (non-hydrogen) atoms. The number of rotatable bonds is 5. The van der Waals surface area contributed by atoms with Crippen molar-refractivity contribution in [2.75, 3.05) is 25.5 Å². The van der Waals surface area contributed by atoms with Crippen LogP contribution in [0.4, 0.5) is 10.1 Å². The van der Waals surface area contributed by atoms with E-state index in [0.29, 0.717) is 6.54 Å². The van der Waals surface area contributed by atoms with Crippen molar-refractivity contribution in [3.63, 3.8) is 0 Å². The predicted octanol–water partition coefficient (Wildman–Crippen LogP) is 2.64. The molecule has 1 saturated carbocycles. The van der Waals surface area contributed by atoms with Crippen molar-refractivity contribution in [3.8, 4) is 0 Å². The summed E-state index contributed by atoms with van der Waals surface area (Å²) in [5.74, 6) is 1.50. The van der Waals surface area contributed by atoms with Crippen LogP contribution in [-0.4, -0.2) is 20.6 Å². The van der Waals surface area contributed by atoms with Crippen molar-refractivity contribution in [2.45, 2.75) is 19.9 Å². The molecular weight excluding hydrogens is 215 g/mol. The predicted molar refractivity (Wildman–Crippen MR) is 69.7 cm³/mol. The normalized spacial score (nSPS) is 22.6. The summed E-state index contributed by atoms with van der Waals surface area (Å²) in [6.45, 7) is 4.07. The third-order valence-electron chi connectivity index (χ3n) is 3.60. The average Bonchev–Trinajstić information content (AvgIpc) is 2.94. The van der Waals surface area contributed by atoms with Gasteiger partial charge in [-0.2, -0.15) is 0 Å². The summed E-state index contributed by atoms with van der Waals surface area (Å²) in [4.78, 5) is 2.25. The van der Waals surface area contributed by atoms with Gasteiger partial charge in [0, 0.05) is 25.8 Å². The molecule has 0 heterocycles. The second-order valence-electron chi connectivity index (χ2n) is 5.16. The highest BCUT2D eigenvalue weighted by Gasteiger charge is 2.33. The molecule has 0 radical (unpaired) electrons. The van der Waals surface area contributed by atoms with Gasteiger partial charge in [0.25, 0.3) is 0 Å². The SMILES string of the molecule is CNCc1cc(F)ccc1N(C)CC1CC1C. The number of anilines is 1. The summed E-state index contributed by atoms with van der Waals surface area (Å²) in [5.41, 5.74) is 2.17. The molecule has 0 aromatic heterocycles. The zero-order chi connectivity index (χ0) is 12.4. The van der Waals surface area contributed by atoms with E-state index >= 15 is 0 Å². The van der Waals surface area contributed by atoms with E-state index in [1.54, 1.807) is 12.1 Å². The Kier molecular flexibility index (Phi) is 3.67. The quantitative estimate of drug-likeness (QED) is 0.845. The highest BCUT2D eigenvalue weighted by atomic mass is 19.1. The third-order valence-corrected chi connectivity index (χ3v) is 3.60. The maximum Gasteiger partial charge on any atom is 0.123 e. The zero-order valence-corrected chi connectivity index (χ0v) is 10.8. The van der Waals surface area contributed by atoms with Crippen LogP contribution in [-0.2, 0) is 6.54 Å². The van der Waals surface area contributed by atoms with Gasteiger partial charge in [-0.05, 0) is 49.1 Å². The van der Waals surface area contributed by atoms with Crippen molar-refractivity contribution >= 4 is 5.69 Å². The van der Waals surface area contributed by atoms with E-state index in [0.717, 1.165) is 29.6 Å². The second-order valence-corrected chi connectivity index (χ2v) is 5.16. The smallest absolute Gasteiger partial charge is 0.123 e. The molecule has 1 aliphatic carbocycles. The topological polar surface area (TPSA) is 15.3 Å². The van der Waals surface area contributed by atoms with Crippen LogP contribution >= 0.6 is 0 Å². The summed E-state index contributed by atoms with van der Waals surface area (Å²) in [6, 6.07) is 5.05. The fourth-order valence-electron chi connectivity index (χ4n) is 2.36. The number of benzene rings is 1. The van der Waals surface area contributed by atoms with Gasteiger partial charge in [0.05, 0.1) is 0 Å². The number of hydrogen-bond donors (Lipinski definition) is 1. The van der Waals surface area contributed by atoms with E-state index in [1.807, 2.05) is 13.1 Å². The van der Waals surface area contributed by atoms with E-state index in [-0.39, 0.29) is 5.82 Å². The molecule has 2 nitrogen and oxygen atoms in total. The second kappa shape index (κ2) is 5.05. The van der Waals surface area contributed by atoms with Gasteiger partial charge in [-0.25, -0.2) is 4.39 Å². The van der Waals surface area contributed by atoms with E-state index < -0.39 is 0 Å². The maximum atomic E-state index is 13.2. The summed E-state index contributed by atoms with van der Waals surface area (Å²) in [7, 11) is 3.98. The van der Waals surface area contributed by atoms with Gasteiger partial charge >= 0.3 is 0 Å². The molecule has 0 amide bonds. The highest BCUT2D eigenvalue weighted by molar-refractivity contribution is 5.53. The molecule has 2 rings (SSSR count). The van der Waals surface area contributed by atoms with Gasteiger partial charge in [-0.1, -0.05) is 6.92 Å². The van der Waals surface area contributed by atoms with Gasteiger partial charge in [0.1, 0.15) is 5.82 Å². The van der Waals surface area contributed by atoms with Crippen LogP contribution in [0.1, 0.15) is 18.9 Å². The van der Waals surface area contributed by atoms with Crippen molar-refractivity contribution in [3.05, 3.63) is 29.6 Å². The summed E-state index contributed by atoms with van der Waals surface area (Å²) in [6.07, 6.45) is 1.33. The molecular formula is C14H21FN2. The number of nitrogens with zero attached hydrogens (tertiary/aromatic N) is 1. The molecule has 1 aromatic rings. The van der Waals surface area contributed by atoms with Crippen LogP contribution in [0.25, 0.3) is 0 Å². The number of halogens is 1. The lowest BCUT2D eigenvalue weighted by atomic mass is 10.1. The van der Waals surface area contributed by atoms with E-state index in [1.165, 1.54) is 6.42 Å². The molecule has 2 unspecified atom stereocenters. The van der Waals surface area contributed by atoms with E-state index in [4.69, 9.17) is 0 Å². The van der Waals surface area contributed by atoms with Crippen LogP contribution in [0.15, 0.2) is 18.2 Å². The first-order valence-corrected chi connectivity index (χ1v) is 6.26. The Bertz CT molecular complexity index is 392. The molecule has 1 N–H and O–H groups in total. The monoisotopic (exact) mass is 236 g/mol. The zero-order valence-electron chi connectivity index (χ0n) is 10.8. The van der Waals surface area contributed by atoms with Crippen molar-refractivity contribution in [1.82, 2.24) is 5.32 Å². The summed E-state index contributed by atoms with van der Waals surface area (Å²) >= 11 is 0. The van der Waals surface area contributed by atoms with Crippen LogP contribution in [0.3, 0.4) is 0 Å². The molecule has 1 aliphatic rings. The minimum Gasteiger partial charge on any atom is -0.374 e. The average molecular weight is 236 g/mol. The highest BCUT2D eigenvalue weighted by Crippen LogP contribution is 2.39. The Labute approximate surface area is 103 Å². The van der Waals surface area contributed by atoms with Gasteiger partial charge in [-0.3, -0.25) is 0 Å². The Morgan fingerprint density at radius 3 is 2.76 bits per heavy atom. The molecule has 0 aliphatic heterocycles. The largest absolute Gasteiger partial charge is 0.374 e. The van der Waals surface area contributed by atoms with Crippen molar-refractivity contribution < 1.29 is 4.39 Å². The summed E-state index contributed by atoms with van der Waals surface area (Å²) in [5, 5.41) is 3.09. The Balaban J connectivity index is 2.12. The standard InChI is InChI=1S/C14H21FN2/c1-10-6-12(10)9-17(3)14-5-4-13(15)7-11(14)8-16-2/h4-5,7,10,12,16H,6,8-9H2,1-3H3. The molecule has 0 spiro atoms. The van der Waals surface area contributed by atoms with E-state index in [2.05, 4.69) is 24.2 Å². The molecule has 2 atom stereocenters. The molecule has 0 bridgehead atoms. The lowest BCUT2D eigenvalue weighted by Crippen LogP contribution is -2.23. The van der Waals surface area contributed by atoms with Gasteiger partial charge in [0.15, 0.2) is 0 Å². The molecule has 0 saturated heterocycles.